The summed E-state index contributed by atoms with van der Waals surface area (Å²) in [6.07, 6.45) is 8.67. The molecule has 0 aliphatic carbocycles. The van der Waals surface area contributed by atoms with Gasteiger partial charge >= 0.3 is 0 Å². The van der Waals surface area contributed by atoms with Gasteiger partial charge in [0, 0.05) is 0 Å². The first-order valence-corrected chi connectivity index (χ1v) is 8.38. The Balaban J connectivity index is 1.85. The fraction of sp³-hybridized carbons (Fsp3) is 0.625. The SMILES string of the molecule is C=C1C[C@H](C/C=C/I)O[C@H](/C=C(\C)C[C@H]2O[C@@H]2CO)C1. The lowest BCUT2D eigenvalue weighted by atomic mass is 9.96. The van der Waals surface area contributed by atoms with Crippen molar-refractivity contribution >= 4 is 22.6 Å². The van der Waals surface area contributed by atoms with Gasteiger partial charge in [-0.3, -0.25) is 0 Å². The molecule has 2 aliphatic rings. The van der Waals surface area contributed by atoms with Crippen LogP contribution < -0.4 is 0 Å². The highest BCUT2D eigenvalue weighted by molar-refractivity contribution is 14.1. The van der Waals surface area contributed by atoms with Crippen molar-refractivity contribution in [2.75, 3.05) is 6.61 Å². The molecule has 2 aliphatic heterocycles. The van der Waals surface area contributed by atoms with Crippen molar-refractivity contribution in [3.8, 4) is 0 Å². The molecule has 20 heavy (non-hydrogen) atoms. The van der Waals surface area contributed by atoms with Gasteiger partial charge in [0.2, 0.25) is 0 Å². The van der Waals surface area contributed by atoms with Crippen molar-refractivity contribution in [3.63, 3.8) is 0 Å². The Morgan fingerprint density at radius 2 is 2.20 bits per heavy atom. The first kappa shape index (κ1) is 16.2. The van der Waals surface area contributed by atoms with Crippen molar-refractivity contribution < 1.29 is 14.6 Å². The molecule has 0 amide bonds. The molecule has 0 saturated carbocycles. The average molecular weight is 390 g/mol. The Labute approximate surface area is 134 Å². The van der Waals surface area contributed by atoms with Gasteiger partial charge in [0.25, 0.3) is 0 Å². The van der Waals surface area contributed by atoms with Crippen LogP contribution in [0.5, 0.6) is 0 Å². The molecule has 0 bridgehead atoms. The van der Waals surface area contributed by atoms with E-state index in [0.29, 0.717) is 0 Å². The maximum Gasteiger partial charge on any atom is 0.107 e. The zero-order valence-electron chi connectivity index (χ0n) is 11.9. The lowest BCUT2D eigenvalue weighted by Crippen LogP contribution is -2.27. The van der Waals surface area contributed by atoms with Crippen molar-refractivity contribution in [2.24, 2.45) is 0 Å². The molecule has 0 aromatic heterocycles. The highest BCUT2D eigenvalue weighted by atomic mass is 127. The number of rotatable bonds is 6. The third-order valence-corrected chi connectivity index (χ3v) is 4.23. The van der Waals surface area contributed by atoms with E-state index in [4.69, 9.17) is 14.6 Å². The summed E-state index contributed by atoms with van der Waals surface area (Å²) < 4.78 is 13.5. The number of halogens is 1. The molecule has 3 nitrogen and oxygen atoms in total. The normalized spacial score (nSPS) is 34.8. The van der Waals surface area contributed by atoms with Crippen LogP contribution in [0.4, 0.5) is 0 Å². The Morgan fingerprint density at radius 3 is 2.85 bits per heavy atom. The number of ether oxygens (including phenoxy) is 2. The van der Waals surface area contributed by atoms with Crippen LogP contribution in [0.3, 0.4) is 0 Å². The van der Waals surface area contributed by atoms with Crippen LogP contribution in [0.15, 0.2) is 34.0 Å². The smallest absolute Gasteiger partial charge is 0.107 e. The van der Waals surface area contributed by atoms with Gasteiger partial charge < -0.3 is 14.6 Å². The quantitative estimate of drug-likeness (QED) is 0.429. The Kier molecular flexibility index (Phi) is 6.26. The summed E-state index contributed by atoms with van der Waals surface area (Å²) >= 11 is 2.23. The topological polar surface area (TPSA) is 42.0 Å². The number of hydrogen-bond donors (Lipinski definition) is 1. The number of aliphatic hydroxyl groups is 1. The molecule has 0 radical (unpaired) electrons. The molecule has 2 saturated heterocycles. The monoisotopic (exact) mass is 390 g/mol. The van der Waals surface area contributed by atoms with Crippen molar-refractivity contribution in [1.82, 2.24) is 0 Å². The minimum absolute atomic E-state index is 0.0436. The Morgan fingerprint density at radius 1 is 1.40 bits per heavy atom. The predicted molar refractivity (Wildman–Crippen MR) is 88.9 cm³/mol. The zero-order valence-corrected chi connectivity index (χ0v) is 14.1. The second-order valence-corrected chi connectivity index (χ2v) is 6.38. The van der Waals surface area contributed by atoms with Gasteiger partial charge in [-0.2, -0.15) is 0 Å². The molecular weight excluding hydrogens is 367 g/mol. The maximum atomic E-state index is 8.97. The molecule has 2 rings (SSSR count). The highest BCUT2D eigenvalue weighted by Gasteiger charge is 2.37. The van der Waals surface area contributed by atoms with E-state index in [-0.39, 0.29) is 31.0 Å². The largest absolute Gasteiger partial charge is 0.394 e. The summed E-state index contributed by atoms with van der Waals surface area (Å²) in [7, 11) is 0. The molecule has 0 aromatic rings. The lowest BCUT2D eigenvalue weighted by molar-refractivity contribution is -0.00396. The zero-order chi connectivity index (χ0) is 14.5. The maximum absolute atomic E-state index is 8.97. The third kappa shape index (κ3) is 4.98. The van der Waals surface area contributed by atoms with E-state index in [9.17, 15) is 0 Å². The minimum Gasteiger partial charge on any atom is -0.394 e. The van der Waals surface area contributed by atoms with Crippen molar-refractivity contribution in [2.45, 2.75) is 57.0 Å². The van der Waals surface area contributed by atoms with Crippen LogP contribution in [0.25, 0.3) is 0 Å². The van der Waals surface area contributed by atoms with E-state index < -0.39 is 0 Å². The summed E-state index contributed by atoms with van der Waals surface area (Å²) in [4.78, 5) is 0. The molecular formula is C16H23IO3. The molecule has 1 N–H and O–H groups in total. The summed E-state index contributed by atoms with van der Waals surface area (Å²) in [5.41, 5.74) is 2.54. The molecule has 112 valence electrons. The van der Waals surface area contributed by atoms with Crippen LogP contribution >= 0.6 is 22.6 Å². The first-order valence-electron chi connectivity index (χ1n) is 7.13. The Hall–Kier alpha value is -0.170. The number of hydrogen-bond acceptors (Lipinski definition) is 3. The van der Waals surface area contributed by atoms with E-state index in [1.54, 1.807) is 0 Å². The van der Waals surface area contributed by atoms with Crippen LogP contribution in [-0.2, 0) is 9.47 Å². The molecule has 0 spiro atoms. The second-order valence-electron chi connectivity index (χ2n) is 5.66. The van der Waals surface area contributed by atoms with Crippen LogP contribution in [0, 0.1) is 0 Å². The van der Waals surface area contributed by atoms with Crippen molar-refractivity contribution in [3.05, 3.63) is 34.0 Å². The summed E-state index contributed by atoms with van der Waals surface area (Å²) in [5, 5.41) is 8.97. The summed E-state index contributed by atoms with van der Waals surface area (Å²) in [6.45, 7) is 6.37. The number of epoxide rings is 1. The highest BCUT2D eigenvalue weighted by Crippen LogP contribution is 2.30. The first-order chi connectivity index (χ1) is 9.62. The molecule has 2 heterocycles. The lowest BCUT2D eigenvalue weighted by Gasteiger charge is -2.29. The number of aliphatic hydroxyl groups excluding tert-OH is 1. The molecule has 4 atom stereocenters. The van der Waals surface area contributed by atoms with Crippen LogP contribution in [-0.4, -0.2) is 36.1 Å². The standard InChI is InChI=1S/C16H23IO3/c1-11-6-13(4-3-5-17)19-14(7-11)8-12(2)9-15-16(10-18)20-15/h3,5,8,13-16,18H,1,4,6-7,9-10H2,2H3/b5-3+,12-8+/t13-,14-,15+,16+/m0/s1. The molecule has 2 fully saturated rings. The van der Waals surface area contributed by atoms with E-state index >= 15 is 0 Å². The van der Waals surface area contributed by atoms with Crippen LogP contribution in [0.2, 0.25) is 0 Å². The van der Waals surface area contributed by atoms with Gasteiger partial charge in [0.1, 0.15) is 6.10 Å². The predicted octanol–water partition coefficient (Wildman–Crippen LogP) is 3.53. The fourth-order valence-corrected chi connectivity index (χ4v) is 2.99. The van der Waals surface area contributed by atoms with Crippen LogP contribution in [0.1, 0.15) is 32.6 Å². The second kappa shape index (κ2) is 7.73. The van der Waals surface area contributed by atoms with Crippen molar-refractivity contribution in [1.29, 1.82) is 0 Å². The van der Waals surface area contributed by atoms with Gasteiger partial charge in [-0.15, -0.1) is 0 Å². The van der Waals surface area contributed by atoms with E-state index in [0.717, 1.165) is 25.7 Å². The molecule has 4 heteroatoms. The van der Waals surface area contributed by atoms with Gasteiger partial charge in [0.15, 0.2) is 0 Å². The Bertz CT molecular complexity index is 403. The van der Waals surface area contributed by atoms with Gasteiger partial charge in [-0.25, -0.2) is 0 Å². The summed E-state index contributed by atoms with van der Waals surface area (Å²) in [5.74, 6) is 0. The third-order valence-electron chi connectivity index (χ3n) is 3.72. The van der Waals surface area contributed by atoms with Gasteiger partial charge in [0.05, 0.1) is 24.9 Å². The molecule has 0 unspecified atom stereocenters. The van der Waals surface area contributed by atoms with Gasteiger partial charge in [-0.1, -0.05) is 52.5 Å². The minimum atomic E-state index is 0.0436. The van der Waals surface area contributed by atoms with E-state index in [1.807, 2.05) is 4.08 Å². The fourth-order valence-electron chi connectivity index (χ4n) is 2.70. The van der Waals surface area contributed by atoms with E-state index in [2.05, 4.69) is 48.2 Å². The summed E-state index contributed by atoms with van der Waals surface area (Å²) in [6, 6.07) is 0. The molecule has 0 aromatic carbocycles. The van der Waals surface area contributed by atoms with Gasteiger partial charge in [-0.05, 0) is 36.7 Å². The average Bonchev–Trinajstić information content (AvgIpc) is 3.13. The van der Waals surface area contributed by atoms with E-state index in [1.165, 1.54) is 11.1 Å².